The molecular formula is C14H8N10O2. The largest absolute Gasteiger partial charge is 0.334 e. The Kier molecular flexibility index (Phi) is 3.10. The Bertz CT molecular complexity index is 1130. The molecule has 5 heterocycles. The molecule has 0 spiro atoms. The average molecular weight is 348 g/mol. The molecule has 0 bridgehead atoms. The lowest BCUT2D eigenvalue weighted by atomic mass is 10.4. The maximum absolute atomic E-state index is 5.57. The highest BCUT2D eigenvalue weighted by Crippen LogP contribution is 2.16. The fourth-order valence-corrected chi connectivity index (χ4v) is 2.21. The normalized spacial score (nSPS) is 11.1. The van der Waals surface area contributed by atoms with Gasteiger partial charge in [0, 0.05) is 12.4 Å². The van der Waals surface area contributed by atoms with Gasteiger partial charge in [0.05, 0.1) is 6.07 Å². The number of rotatable bonds is 4. The molecule has 0 saturated carbocycles. The van der Waals surface area contributed by atoms with Gasteiger partial charge in [-0.2, -0.15) is 9.97 Å². The fraction of sp³-hybridized carbons (Fsp3) is 0. The molecule has 0 aromatic carbocycles. The Morgan fingerprint density at radius 3 is 1.77 bits per heavy atom. The van der Waals surface area contributed by atoms with Gasteiger partial charge < -0.3 is 9.68 Å². The minimum atomic E-state index is 0.185. The van der Waals surface area contributed by atoms with E-state index < -0.39 is 0 Å². The van der Waals surface area contributed by atoms with Gasteiger partial charge in [-0.15, -0.1) is 10.2 Å². The van der Waals surface area contributed by atoms with Gasteiger partial charge >= 0.3 is 0 Å². The van der Waals surface area contributed by atoms with Crippen LogP contribution in [0.25, 0.3) is 22.3 Å². The summed E-state index contributed by atoms with van der Waals surface area (Å²) in [6.45, 7) is 0. The van der Waals surface area contributed by atoms with Crippen LogP contribution >= 0.6 is 0 Å². The zero-order valence-electron chi connectivity index (χ0n) is 12.9. The van der Waals surface area contributed by atoms with E-state index >= 15 is 0 Å². The zero-order chi connectivity index (χ0) is 17.3. The lowest BCUT2D eigenvalue weighted by molar-refractivity contribution is 0.159. The minimum absolute atomic E-state index is 0.185. The van der Waals surface area contributed by atoms with Crippen molar-refractivity contribution in [1.29, 1.82) is 0 Å². The van der Waals surface area contributed by atoms with Crippen molar-refractivity contribution < 1.29 is 9.68 Å². The predicted molar refractivity (Wildman–Crippen MR) is 84.7 cm³/mol. The molecule has 0 aliphatic carbocycles. The summed E-state index contributed by atoms with van der Waals surface area (Å²) in [6.07, 6.45) is 4.51. The fourth-order valence-electron chi connectivity index (χ4n) is 2.21. The second kappa shape index (κ2) is 5.70. The molecule has 12 nitrogen and oxygen atoms in total. The zero-order valence-corrected chi connectivity index (χ0v) is 12.9. The monoisotopic (exact) mass is 348 g/mol. The van der Waals surface area contributed by atoms with Crippen LogP contribution in [-0.4, -0.2) is 50.3 Å². The van der Waals surface area contributed by atoms with Crippen molar-refractivity contribution in [2.24, 2.45) is 0 Å². The van der Waals surface area contributed by atoms with E-state index in [0.717, 1.165) is 9.69 Å². The van der Waals surface area contributed by atoms with E-state index in [-0.39, 0.29) is 11.8 Å². The molecule has 0 radical (unpaired) electrons. The molecule has 0 amide bonds. The summed E-state index contributed by atoms with van der Waals surface area (Å²) in [7, 11) is 0. The Hall–Kier alpha value is -4.22. The second-order valence-electron chi connectivity index (χ2n) is 4.99. The van der Waals surface area contributed by atoms with E-state index in [9.17, 15) is 0 Å². The highest BCUT2D eigenvalue weighted by atomic mass is 16.7. The number of pyridine rings is 2. The van der Waals surface area contributed by atoms with E-state index in [1.165, 1.54) is 12.4 Å². The minimum Gasteiger partial charge on any atom is -0.334 e. The maximum Gasteiger partial charge on any atom is 0.255 e. The molecule has 0 unspecified atom stereocenters. The van der Waals surface area contributed by atoms with Gasteiger partial charge in [-0.05, 0) is 34.7 Å². The van der Waals surface area contributed by atoms with Gasteiger partial charge in [0.1, 0.15) is 17.4 Å². The molecule has 5 aromatic rings. The van der Waals surface area contributed by atoms with Crippen LogP contribution in [0.2, 0.25) is 0 Å². The standard InChI is InChI=1S/C14H8N10O2/c1-3-9-13(15-5-1)23(21-19-9)25-11-7-12(18-8-17-11)26-24-14-10(20-22-24)4-2-6-16-14/h1-8H. The molecule has 26 heavy (non-hydrogen) atoms. The van der Waals surface area contributed by atoms with Gasteiger partial charge in [-0.3, -0.25) is 0 Å². The summed E-state index contributed by atoms with van der Waals surface area (Å²) in [5.74, 6) is 0.370. The maximum atomic E-state index is 5.57. The van der Waals surface area contributed by atoms with Crippen LogP contribution in [0.3, 0.4) is 0 Å². The molecule has 5 aromatic heterocycles. The van der Waals surface area contributed by atoms with Crippen LogP contribution in [0.5, 0.6) is 11.8 Å². The first-order valence-corrected chi connectivity index (χ1v) is 7.38. The number of nitrogens with zero attached hydrogens (tertiary/aromatic N) is 10. The van der Waals surface area contributed by atoms with Crippen LogP contribution < -0.4 is 9.68 Å². The smallest absolute Gasteiger partial charge is 0.255 e. The quantitative estimate of drug-likeness (QED) is 0.450. The van der Waals surface area contributed by atoms with Gasteiger partial charge in [0.25, 0.3) is 11.8 Å². The van der Waals surface area contributed by atoms with Gasteiger partial charge in [0.15, 0.2) is 0 Å². The van der Waals surface area contributed by atoms with Crippen molar-refractivity contribution in [2.45, 2.75) is 0 Å². The van der Waals surface area contributed by atoms with Gasteiger partial charge in [-0.1, -0.05) is 9.69 Å². The molecule has 0 N–H and O–H groups in total. The summed E-state index contributed by atoms with van der Waals surface area (Å²) in [6, 6.07) is 8.52. The summed E-state index contributed by atoms with van der Waals surface area (Å²) in [5, 5.41) is 15.7. The molecular weight excluding hydrogens is 340 g/mol. The van der Waals surface area contributed by atoms with Crippen LogP contribution in [-0.2, 0) is 0 Å². The van der Waals surface area contributed by atoms with Gasteiger partial charge in [0.2, 0.25) is 11.3 Å². The van der Waals surface area contributed by atoms with E-state index in [1.807, 2.05) is 0 Å². The third kappa shape index (κ3) is 2.41. The lowest BCUT2D eigenvalue weighted by Crippen LogP contribution is -2.11. The molecule has 126 valence electrons. The van der Waals surface area contributed by atoms with Crippen LogP contribution in [0.1, 0.15) is 0 Å². The molecule has 0 aliphatic rings. The van der Waals surface area contributed by atoms with Crippen molar-refractivity contribution in [3.05, 3.63) is 49.1 Å². The first kappa shape index (κ1) is 14.2. The van der Waals surface area contributed by atoms with E-state index in [2.05, 4.69) is 40.6 Å². The van der Waals surface area contributed by atoms with Crippen LogP contribution in [0, 0.1) is 0 Å². The Morgan fingerprint density at radius 2 is 1.23 bits per heavy atom. The third-order valence-corrected chi connectivity index (χ3v) is 3.34. The van der Waals surface area contributed by atoms with E-state index in [0.29, 0.717) is 22.3 Å². The van der Waals surface area contributed by atoms with E-state index in [1.54, 1.807) is 36.7 Å². The molecule has 12 heteroatoms. The van der Waals surface area contributed by atoms with Crippen molar-refractivity contribution in [1.82, 2.24) is 50.3 Å². The second-order valence-corrected chi connectivity index (χ2v) is 4.99. The van der Waals surface area contributed by atoms with Crippen molar-refractivity contribution in [2.75, 3.05) is 0 Å². The van der Waals surface area contributed by atoms with Gasteiger partial charge in [-0.25, -0.2) is 9.97 Å². The summed E-state index contributed by atoms with van der Waals surface area (Å²) < 4.78 is 0. The van der Waals surface area contributed by atoms with Crippen LogP contribution in [0.4, 0.5) is 0 Å². The molecule has 0 fully saturated rings. The number of hydrogen-bond acceptors (Lipinski definition) is 10. The Labute approximate surface area is 144 Å². The third-order valence-electron chi connectivity index (χ3n) is 3.34. The first-order chi connectivity index (χ1) is 12.9. The number of hydrogen-bond donors (Lipinski definition) is 0. The molecule has 0 saturated heterocycles. The Balaban J connectivity index is 1.44. The topological polar surface area (TPSA) is 131 Å². The number of aromatic nitrogens is 10. The predicted octanol–water partition coefficient (Wildman–Crippen LogP) is 0.440. The summed E-state index contributed by atoms with van der Waals surface area (Å²) in [5.41, 5.74) is 2.11. The Morgan fingerprint density at radius 1 is 0.692 bits per heavy atom. The highest BCUT2D eigenvalue weighted by Gasteiger charge is 2.11. The van der Waals surface area contributed by atoms with Crippen molar-refractivity contribution >= 4 is 22.3 Å². The SMILES string of the molecule is c1cnc2c(c1)nnn2Oc1cc(On2nnc3cccnc32)ncn1. The lowest BCUT2D eigenvalue weighted by Gasteiger charge is -2.05. The first-order valence-electron chi connectivity index (χ1n) is 7.38. The van der Waals surface area contributed by atoms with E-state index in [4.69, 9.17) is 9.68 Å². The molecule has 5 rings (SSSR count). The summed E-state index contributed by atoms with van der Waals surface area (Å²) in [4.78, 5) is 29.8. The molecule has 0 atom stereocenters. The molecule has 0 aliphatic heterocycles. The average Bonchev–Trinajstić information content (AvgIpc) is 3.27. The van der Waals surface area contributed by atoms with Crippen molar-refractivity contribution in [3.63, 3.8) is 0 Å². The highest BCUT2D eigenvalue weighted by molar-refractivity contribution is 5.69. The van der Waals surface area contributed by atoms with Crippen molar-refractivity contribution in [3.8, 4) is 11.8 Å². The summed E-state index contributed by atoms with van der Waals surface area (Å²) >= 11 is 0. The van der Waals surface area contributed by atoms with Crippen LogP contribution in [0.15, 0.2) is 49.1 Å². The number of fused-ring (bicyclic) bond motifs is 2.